The minimum atomic E-state index is -0.120. The topological polar surface area (TPSA) is 100 Å². The maximum Gasteiger partial charge on any atom is 0.321 e. The summed E-state index contributed by atoms with van der Waals surface area (Å²) in [6, 6.07) is 6.49. The number of likely N-dealkylation sites (N-methyl/N-ethyl adjacent to an activating group) is 1. The predicted octanol–water partition coefficient (Wildman–Crippen LogP) is 1.29. The number of fused-ring (bicyclic) bond motifs is 1. The van der Waals surface area contributed by atoms with Crippen LogP contribution in [0.3, 0.4) is 0 Å². The Morgan fingerprint density at radius 2 is 2.22 bits per heavy atom. The van der Waals surface area contributed by atoms with Crippen LogP contribution < -0.4 is 16.2 Å². The minimum Gasteiger partial charge on any atom is -0.326 e. The zero-order valence-electron chi connectivity index (χ0n) is 15.9. The second kappa shape index (κ2) is 7.24. The SMILES string of the molecule is Cc1ccc(-c2nnn(C)n2)cc1NC(=O)N(C)CC1NNC2CCCC21. The van der Waals surface area contributed by atoms with E-state index in [-0.39, 0.29) is 6.03 Å². The summed E-state index contributed by atoms with van der Waals surface area (Å²) >= 11 is 0. The minimum absolute atomic E-state index is 0.120. The van der Waals surface area contributed by atoms with Crippen molar-refractivity contribution in [1.82, 2.24) is 36.0 Å². The number of carbonyl (C=O) groups excluding carboxylic acids is 1. The van der Waals surface area contributed by atoms with Crippen LogP contribution in [0.1, 0.15) is 24.8 Å². The predicted molar refractivity (Wildman–Crippen MR) is 102 cm³/mol. The maximum absolute atomic E-state index is 12.7. The summed E-state index contributed by atoms with van der Waals surface area (Å²) in [5.74, 6) is 1.14. The summed E-state index contributed by atoms with van der Waals surface area (Å²) in [6.45, 7) is 2.64. The van der Waals surface area contributed by atoms with Crippen molar-refractivity contribution in [2.45, 2.75) is 38.3 Å². The molecule has 1 aromatic carbocycles. The van der Waals surface area contributed by atoms with E-state index >= 15 is 0 Å². The highest BCUT2D eigenvalue weighted by atomic mass is 16.2. The van der Waals surface area contributed by atoms with Gasteiger partial charge in [-0.2, -0.15) is 4.80 Å². The fourth-order valence-electron chi connectivity index (χ4n) is 4.04. The van der Waals surface area contributed by atoms with Gasteiger partial charge < -0.3 is 10.2 Å². The van der Waals surface area contributed by atoms with Crippen molar-refractivity contribution in [3.8, 4) is 11.4 Å². The smallest absolute Gasteiger partial charge is 0.321 e. The molecule has 144 valence electrons. The molecular formula is C18H26N8O. The first-order chi connectivity index (χ1) is 13.0. The van der Waals surface area contributed by atoms with Crippen molar-refractivity contribution < 1.29 is 4.79 Å². The third kappa shape index (κ3) is 3.65. The van der Waals surface area contributed by atoms with E-state index < -0.39 is 0 Å². The fourth-order valence-corrected chi connectivity index (χ4v) is 4.04. The van der Waals surface area contributed by atoms with Gasteiger partial charge in [0.2, 0.25) is 5.82 Å². The molecule has 0 bridgehead atoms. The van der Waals surface area contributed by atoms with Crippen LogP contribution in [-0.4, -0.2) is 56.8 Å². The summed E-state index contributed by atoms with van der Waals surface area (Å²) < 4.78 is 0. The van der Waals surface area contributed by atoms with Gasteiger partial charge in [0.05, 0.1) is 7.05 Å². The van der Waals surface area contributed by atoms with Crippen LogP contribution in [0, 0.1) is 12.8 Å². The number of benzene rings is 1. The summed E-state index contributed by atoms with van der Waals surface area (Å²) in [6.07, 6.45) is 3.70. The molecular weight excluding hydrogens is 344 g/mol. The van der Waals surface area contributed by atoms with Crippen LogP contribution in [0.2, 0.25) is 0 Å². The van der Waals surface area contributed by atoms with E-state index in [0.29, 0.717) is 30.4 Å². The molecule has 2 amide bonds. The van der Waals surface area contributed by atoms with Gasteiger partial charge in [-0.15, -0.1) is 10.2 Å². The molecule has 1 aliphatic carbocycles. The van der Waals surface area contributed by atoms with Crippen molar-refractivity contribution in [3.63, 3.8) is 0 Å². The van der Waals surface area contributed by atoms with Gasteiger partial charge in [0, 0.05) is 36.9 Å². The number of carbonyl (C=O) groups is 1. The molecule has 0 spiro atoms. The monoisotopic (exact) mass is 370 g/mol. The Balaban J connectivity index is 1.42. The van der Waals surface area contributed by atoms with Crippen molar-refractivity contribution in [3.05, 3.63) is 23.8 Å². The number of nitrogens with zero attached hydrogens (tertiary/aromatic N) is 5. The molecule has 3 unspecified atom stereocenters. The van der Waals surface area contributed by atoms with E-state index in [9.17, 15) is 4.79 Å². The fraction of sp³-hybridized carbons (Fsp3) is 0.556. The Labute approximate surface area is 158 Å². The number of nitrogens with one attached hydrogen (secondary N) is 3. The summed E-state index contributed by atoms with van der Waals surface area (Å²) in [5, 5.41) is 15.1. The molecule has 0 radical (unpaired) electrons. The molecule has 2 heterocycles. The molecule has 3 N–H and O–H groups in total. The number of anilines is 1. The van der Waals surface area contributed by atoms with E-state index in [4.69, 9.17) is 0 Å². The average molecular weight is 370 g/mol. The summed E-state index contributed by atoms with van der Waals surface area (Å²) in [7, 11) is 3.56. The molecule has 2 aliphatic rings. The molecule has 27 heavy (non-hydrogen) atoms. The lowest BCUT2D eigenvalue weighted by Crippen LogP contribution is -2.44. The average Bonchev–Trinajstić information content (AvgIpc) is 3.35. The van der Waals surface area contributed by atoms with Crippen molar-refractivity contribution >= 4 is 11.7 Å². The zero-order chi connectivity index (χ0) is 19.0. The Hall–Kier alpha value is -2.52. The molecule has 9 heteroatoms. The van der Waals surface area contributed by atoms with Crippen molar-refractivity contribution in [2.75, 3.05) is 18.9 Å². The molecule has 1 saturated carbocycles. The van der Waals surface area contributed by atoms with Crippen LogP contribution in [-0.2, 0) is 7.05 Å². The molecule has 3 atom stereocenters. The Morgan fingerprint density at radius 1 is 1.37 bits per heavy atom. The normalized spacial score (nSPS) is 24.0. The van der Waals surface area contributed by atoms with Crippen LogP contribution in [0.25, 0.3) is 11.4 Å². The van der Waals surface area contributed by atoms with Gasteiger partial charge in [0.25, 0.3) is 0 Å². The van der Waals surface area contributed by atoms with Crippen LogP contribution >= 0.6 is 0 Å². The Bertz CT molecular complexity index is 835. The van der Waals surface area contributed by atoms with Crippen LogP contribution in [0.4, 0.5) is 10.5 Å². The zero-order valence-corrected chi connectivity index (χ0v) is 15.9. The van der Waals surface area contributed by atoms with Crippen LogP contribution in [0.5, 0.6) is 0 Å². The second-order valence-electron chi connectivity index (χ2n) is 7.54. The number of amides is 2. The molecule has 2 fully saturated rings. The highest BCUT2D eigenvalue weighted by Gasteiger charge is 2.39. The number of urea groups is 1. The standard InChI is InChI=1S/C18H26N8O/c1-11-7-8-12(17-22-24-26(3)23-17)9-15(11)19-18(27)25(2)10-16-13-5-4-6-14(13)20-21-16/h7-9,13-14,16,20-21H,4-6,10H2,1-3H3,(H,19,27). The first-order valence-corrected chi connectivity index (χ1v) is 9.39. The number of hydrazine groups is 1. The van der Waals surface area contributed by atoms with E-state index in [1.165, 1.54) is 24.1 Å². The largest absolute Gasteiger partial charge is 0.326 e. The van der Waals surface area contributed by atoms with Gasteiger partial charge in [-0.3, -0.25) is 10.9 Å². The molecule has 1 saturated heterocycles. The molecule has 1 aliphatic heterocycles. The number of hydrogen-bond acceptors (Lipinski definition) is 6. The number of aryl methyl sites for hydroxylation is 2. The highest BCUT2D eigenvalue weighted by Crippen LogP contribution is 2.31. The summed E-state index contributed by atoms with van der Waals surface area (Å²) in [4.78, 5) is 15.9. The highest BCUT2D eigenvalue weighted by molar-refractivity contribution is 5.90. The van der Waals surface area contributed by atoms with Gasteiger partial charge in [-0.05, 0) is 42.5 Å². The number of rotatable bonds is 4. The first-order valence-electron chi connectivity index (χ1n) is 9.39. The Morgan fingerprint density at radius 3 is 3.00 bits per heavy atom. The second-order valence-corrected chi connectivity index (χ2v) is 7.54. The lowest BCUT2D eigenvalue weighted by molar-refractivity contribution is 0.213. The van der Waals surface area contributed by atoms with Crippen LogP contribution in [0.15, 0.2) is 18.2 Å². The third-order valence-corrected chi connectivity index (χ3v) is 5.60. The lowest BCUT2D eigenvalue weighted by atomic mass is 9.97. The van der Waals surface area contributed by atoms with Gasteiger partial charge in [-0.25, -0.2) is 4.79 Å². The van der Waals surface area contributed by atoms with Gasteiger partial charge in [0.1, 0.15) is 0 Å². The first kappa shape index (κ1) is 17.9. The van der Waals surface area contributed by atoms with Crippen molar-refractivity contribution in [1.29, 1.82) is 0 Å². The van der Waals surface area contributed by atoms with E-state index in [2.05, 4.69) is 31.6 Å². The maximum atomic E-state index is 12.7. The number of aromatic nitrogens is 4. The van der Waals surface area contributed by atoms with Gasteiger partial charge in [-0.1, -0.05) is 18.6 Å². The van der Waals surface area contributed by atoms with E-state index in [1.807, 2.05) is 32.2 Å². The number of tetrazole rings is 1. The Kier molecular flexibility index (Phi) is 4.79. The summed E-state index contributed by atoms with van der Waals surface area (Å²) in [5.41, 5.74) is 9.29. The van der Waals surface area contributed by atoms with Gasteiger partial charge in [0.15, 0.2) is 0 Å². The van der Waals surface area contributed by atoms with Crippen molar-refractivity contribution in [2.24, 2.45) is 13.0 Å². The third-order valence-electron chi connectivity index (χ3n) is 5.60. The van der Waals surface area contributed by atoms with Gasteiger partial charge >= 0.3 is 6.03 Å². The number of hydrogen-bond donors (Lipinski definition) is 3. The molecule has 2 aromatic rings. The lowest BCUT2D eigenvalue weighted by Gasteiger charge is -2.25. The van der Waals surface area contributed by atoms with E-state index in [0.717, 1.165) is 16.8 Å². The van der Waals surface area contributed by atoms with E-state index in [1.54, 1.807) is 11.9 Å². The molecule has 1 aromatic heterocycles. The molecule has 4 rings (SSSR count). The quantitative estimate of drug-likeness (QED) is 0.750. The molecule has 9 nitrogen and oxygen atoms in total.